The molecule has 0 fully saturated rings. The fourth-order valence-electron chi connectivity index (χ4n) is 2.64. The first kappa shape index (κ1) is 20.6. The molecule has 29 heavy (non-hydrogen) atoms. The van der Waals surface area contributed by atoms with Crippen LogP contribution in [-0.2, 0) is 4.79 Å². The second-order valence-electron chi connectivity index (χ2n) is 6.87. The van der Waals surface area contributed by atoms with Crippen LogP contribution in [0.25, 0.3) is 6.08 Å². The number of nitrogens with one attached hydrogen (secondary N) is 1. The lowest BCUT2D eigenvalue weighted by molar-refractivity contribution is -0.112. The molecule has 1 heterocycles. The van der Waals surface area contributed by atoms with Gasteiger partial charge in [-0.15, -0.1) is 0 Å². The number of amides is 1. The molecule has 1 N–H and O–H groups in total. The molecule has 1 aliphatic heterocycles. The fourth-order valence-corrected chi connectivity index (χ4v) is 2.82. The molecule has 0 radical (unpaired) electrons. The summed E-state index contributed by atoms with van der Waals surface area (Å²) in [5, 5.41) is 12.7. The molecule has 0 aromatic heterocycles. The maximum Gasteiger partial charge on any atom is 0.266 e. The number of nitriles is 1. The quantitative estimate of drug-likeness (QED) is 0.549. The van der Waals surface area contributed by atoms with Gasteiger partial charge in [0, 0.05) is 22.3 Å². The molecule has 0 bridgehead atoms. The standard InChI is InChI=1S/C22H21ClN2O4/c1-14(2)13-29-19-5-3-17(23)10-15(19)9-16(12-24)22(26)25-18-4-6-20-21(11-18)28-8-7-27-20/h3-6,9-11,14H,7-8,13H2,1-2H3,(H,25,26)/b16-9+. The van der Waals surface area contributed by atoms with E-state index in [1.54, 1.807) is 36.4 Å². The van der Waals surface area contributed by atoms with Crippen molar-refractivity contribution >= 4 is 29.3 Å². The molecular weight excluding hydrogens is 392 g/mol. The van der Waals surface area contributed by atoms with Crippen molar-refractivity contribution < 1.29 is 19.0 Å². The van der Waals surface area contributed by atoms with Gasteiger partial charge < -0.3 is 19.5 Å². The van der Waals surface area contributed by atoms with E-state index in [0.717, 1.165) is 0 Å². The third-order valence-corrected chi connectivity index (χ3v) is 4.24. The van der Waals surface area contributed by atoms with Gasteiger partial charge in [-0.1, -0.05) is 25.4 Å². The summed E-state index contributed by atoms with van der Waals surface area (Å²) in [5.74, 6) is 1.52. The number of hydrogen-bond acceptors (Lipinski definition) is 5. The van der Waals surface area contributed by atoms with Crippen LogP contribution < -0.4 is 19.5 Å². The number of carbonyl (C=O) groups excluding carboxylic acids is 1. The van der Waals surface area contributed by atoms with E-state index in [1.165, 1.54) is 6.08 Å². The fraction of sp³-hybridized carbons (Fsp3) is 0.273. The average Bonchev–Trinajstić information content (AvgIpc) is 2.71. The molecule has 1 aliphatic rings. The van der Waals surface area contributed by atoms with Crippen molar-refractivity contribution in [3.63, 3.8) is 0 Å². The number of rotatable bonds is 6. The normalized spacial score (nSPS) is 13.0. The van der Waals surface area contributed by atoms with E-state index in [9.17, 15) is 10.1 Å². The van der Waals surface area contributed by atoms with Crippen LogP contribution in [0.4, 0.5) is 5.69 Å². The van der Waals surface area contributed by atoms with Gasteiger partial charge in [0.05, 0.1) is 6.61 Å². The first-order valence-electron chi connectivity index (χ1n) is 9.21. The summed E-state index contributed by atoms with van der Waals surface area (Å²) in [7, 11) is 0. The molecule has 3 rings (SSSR count). The lowest BCUT2D eigenvalue weighted by Gasteiger charge is -2.19. The largest absolute Gasteiger partial charge is 0.493 e. The van der Waals surface area contributed by atoms with Crippen molar-refractivity contribution in [2.75, 3.05) is 25.1 Å². The molecule has 2 aromatic carbocycles. The van der Waals surface area contributed by atoms with E-state index >= 15 is 0 Å². The number of carbonyl (C=O) groups is 1. The zero-order valence-electron chi connectivity index (χ0n) is 16.2. The van der Waals surface area contributed by atoms with E-state index in [1.807, 2.05) is 19.9 Å². The van der Waals surface area contributed by atoms with Gasteiger partial charge in [-0.2, -0.15) is 5.26 Å². The van der Waals surface area contributed by atoms with Crippen LogP contribution in [0.2, 0.25) is 5.02 Å². The van der Waals surface area contributed by atoms with Crippen LogP contribution in [0.5, 0.6) is 17.2 Å². The van der Waals surface area contributed by atoms with Crippen LogP contribution in [0.3, 0.4) is 0 Å². The monoisotopic (exact) mass is 412 g/mol. The van der Waals surface area contributed by atoms with Gasteiger partial charge in [0.15, 0.2) is 11.5 Å². The smallest absolute Gasteiger partial charge is 0.266 e. The summed E-state index contributed by atoms with van der Waals surface area (Å²) >= 11 is 6.09. The summed E-state index contributed by atoms with van der Waals surface area (Å²) in [5.41, 5.74) is 0.992. The predicted octanol–water partition coefficient (Wildman–Crippen LogP) is 4.69. The topological polar surface area (TPSA) is 80.6 Å². The van der Waals surface area contributed by atoms with Crippen molar-refractivity contribution in [1.29, 1.82) is 5.26 Å². The van der Waals surface area contributed by atoms with Crippen LogP contribution in [-0.4, -0.2) is 25.7 Å². The van der Waals surface area contributed by atoms with Gasteiger partial charge >= 0.3 is 0 Å². The highest BCUT2D eigenvalue weighted by Gasteiger charge is 2.15. The summed E-state index contributed by atoms with van der Waals surface area (Å²) in [4.78, 5) is 12.6. The number of anilines is 1. The summed E-state index contributed by atoms with van der Waals surface area (Å²) in [6, 6.07) is 12.1. The Kier molecular flexibility index (Phi) is 6.63. The minimum Gasteiger partial charge on any atom is -0.493 e. The number of halogens is 1. The van der Waals surface area contributed by atoms with E-state index in [2.05, 4.69) is 5.32 Å². The maximum absolute atomic E-state index is 12.6. The Hall–Kier alpha value is -3.17. The molecule has 1 amide bonds. The minimum absolute atomic E-state index is 0.0726. The number of fused-ring (bicyclic) bond motifs is 1. The first-order valence-corrected chi connectivity index (χ1v) is 9.59. The summed E-state index contributed by atoms with van der Waals surface area (Å²) in [6.45, 7) is 5.51. The van der Waals surface area contributed by atoms with Gasteiger partial charge in [-0.25, -0.2) is 0 Å². The minimum atomic E-state index is -0.543. The van der Waals surface area contributed by atoms with Crippen LogP contribution in [0, 0.1) is 17.2 Å². The maximum atomic E-state index is 12.6. The average molecular weight is 413 g/mol. The molecule has 2 aromatic rings. The van der Waals surface area contributed by atoms with E-state index in [4.69, 9.17) is 25.8 Å². The molecule has 0 saturated heterocycles. The number of nitrogens with zero attached hydrogens (tertiary/aromatic N) is 1. The van der Waals surface area contributed by atoms with Crippen LogP contribution >= 0.6 is 11.6 Å². The van der Waals surface area contributed by atoms with Crippen molar-refractivity contribution in [2.45, 2.75) is 13.8 Å². The Bertz CT molecular complexity index is 979. The Morgan fingerprint density at radius 3 is 2.72 bits per heavy atom. The van der Waals surface area contributed by atoms with Crippen molar-refractivity contribution in [1.82, 2.24) is 0 Å². The lowest BCUT2D eigenvalue weighted by atomic mass is 10.1. The number of benzene rings is 2. The molecule has 0 atom stereocenters. The van der Waals surface area contributed by atoms with Crippen molar-refractivity contribution in [3.8, 4) is 23.3 Å². The third kappa shape index (κ3) is 5.43. The van der Waals surface area contributed by atoms with E-state index in [0.29, 0.717) is 59.3 Å². The zero-order chi connectivity index (χ0) is 20.8. The van der Waals surface area contributed by atoms with Gasteiger partial charge in [0.2, 0.25) is 0 Å². The summed E-state index contributed by atoms with van der Waals surface area (Å²) < 4.78 is 16.8. The Balaban J connectivity index is 1.82. The molecule has 6 nitrogen and oxygen atoms in total. The Morgan fingerprint density at radius 2 is 2.00 bits per heavy atom. The highest BCUT2D eigenvalue weighted by atomic mass is 35.5. The SMILES string of the molecule is CC(C)COc1ccc(Cl)cc1/C=C(\C#N)C(=O)Nc1ccc2c(c1)OCCO2. The zero-order valence-corrected chi connectivity index (χ0v) is 17.0. The Morgan fingerprint density at radius 1 is 1.24 bits per heavy atom. The van der Waals surface area contributed by atoms with Crippen molar-refractivity contribution in [2.24, 2.45) is 5.92 Å². The summed E-state index contributed by atoms with van der Waals surface area (Å²) in [6.07, 6.45) is 1.47. The van der Waals surface area contributed by atoms with E-state index < -0.39 is 5.91 Å². The molecule has 0 spiro atoms. The molecule has 0 aliphatic carbocycles. The van der Waals surface area contributed by atoms with Gasteiger partial charge in [0.25, 0.3) is 5.91 Å². The van der Waals surface area contributed by atoms with Crippen LogP contribution in [0.15, 0.2) is 42.0 Å². The molecule has 0 unspecified atom stereocenters. The van der Waals surface area contributed by atoms with Crippen LogP contribution in [0.1, 0.15) is 19.4 Å². The molecule has 150 valence electrons. The number of hydrogen-bond donors (Lipinski definition) is 1. The first-order chi connectivity index (χ1) is 14.0. The lowest BCUT2D eigenvalue weighted by Crippen LogP contribution is -2.17. The van der Waals surface area contributed by atoms with Crippen molar-refractivity contribution in [3.05, 3.63) is 52.6 Å². The molecule has 7 heteroatoms. The second-order valence-corrected chi connectivity index (χ2v) is 7.31. The van der Waals surface area contributed by atoms with E-state index in [-0.39, 0.29) is 5.57 Å². The third-order valence-electron chi connectivity index (χ3n) is 4.01. The molecule has 0 saturated carbocycles. The second kappa shape index (κ2) is 9.35. The molecular formula is C22H21ClN2O4. The van der Waals surface area contributed by atoms with Gasteiger partial charge in [-0.3, -0.25) is 4.79 Å². The highest BCUT2D eigenvalue weighted by molar-refractivity contribution is 6.30. The number of ether oxygens (including phenoxy) is 3. The van der Waals surface area contributed by atoms with Gasteiger partial charge in [0.1, 0.15) is 30.6 Å². The Labute approximate surface area is 174 Å². The highest BCUT2D eigenvalue weighted by Crippen LogP contribution is 2.33. The predicted molar refractivity (Wildman–Crippen MR) is 111 cm³/mol. The van der Waals surface area contributed by atoms with Gasteiger partial charge in [-0.05, 0) is 42.3 Å².